The number of hydrogen-bond donors (Lipinski definition) is 3. The summed E-state index contributed by atoms with van der Waals surface area (Å²) in [5, 5.41) is 18.8. The van der Waals surface area contributed by atoms with Crippen LogP contribution in [0.5, 0.6) is 11.5 Å². The quantitative estimate of drug-likeness (QED) is 0.0545. The molecule has 4 aliphatic carbocycles. The lowest BCUT2D eigenvalue weighted by Crippen LogP contribution is -2.70. The van der Waals surface area contributed by atoms with E-state index in [1.807, 2.05) is 58.3 Å². The molecule has 8 rings (SSSR count). The van der Waals surface area contributed by atoms with Gasteiger partial charge in [-0.05, 0) is 163 Å². The van der Waals surface area contributed by atoms with Gasteiger partial charge in [0.2, 0.25) is 17.7 Å². The van der Waals surface area contributed by atoms with Crippen molar-refractivity contribution in [3.63, 3.8) is 0 Å². The molecule has 5 fully saturated rings. The molecule has 3 aromatic rings. The van der Waals surface area contributed by atoms with Gasteiger partial charge in [0.05, 0.1) is 37.1 Å². The molecule has 17 heteroatoms. The molecule has 5 aliphatic rings. The van der Waals surface area contributed by atoms with Crippen molar-refractivity contribution in [1.29, 1.82) is 0 Å². The predicted molar refractivity (Wildman–Crippen MR) is 274 cm³/mol. The van der Waals surface area contributed by atoms with Gasteiger partial charge in [-0.25, -0.2) is 9.48 Å². The third kappa shape index (κ3) is 12.0. The number of nitrogens with two attached hydrogens (primary N) is 1. The Morgan fingerprint density at radius 2 is 1.40 bits per heavy atom. The summed E-state index contributed by atoms with van der Waals surface area (Å²) >= 11 is 0. The molecule has 4 bridgehead atoms. The van der Waals surface area contributed by atoms with Crippen molar-refractivity contribution in [2.24, 2.45) is 35.3 Å². The third-order valence-electron chi connectivity index (χ3n) is 16.1. The number of amides is 5. The van der Waals surface area contributed by atoms with E-state index in [1.165, 1.54) is 4.90 Å². The van der Waals surface area contributed by atoms with Gasteiger partial charge in [0.1, 0.15) is 17.0 Å². The summed E-state index contributed by atoms with van der Waals surface area (Å²) in [7, 11) is 9.03. The number of nitrogens with zero attached hydrogens (tertiary/aromatic N) is 6. The molecule has 2 heterocycles. The molecule has 0 spiro atoms. The average molecular weight is 995 g/mol. The number of carboxylic acids is 1. The number of unbranched alkanes of at least 4 members (excludes halogenated alkanes) is 3. The van der Waals surface area contributed by atoms with E-state index in [0.717, 1.165) is 95.8 Å². The summed E-state index contributed by atoms with van der Waals surface area (Å²) in [6.07, 6.45) is 10.8. The fourth-order valence-corrected chi connectivity index (χ4v) is 12.4. The maximum Gasteiger partial charge on any atom is 0.330 e. The minimum Gasteiger partial charge on any atom is -0.496 e. The minimum atomic E-state index is -1.36. The molecule has 1 atom stereocenters. The van der Waals surface area contributed by atoms with Gasteiger partial charge < -0.3 is 40.3 Å². The van der Waals surface area contributed by atoms with Crippen LogP contribution in [0.3, 0.4) is 0 Å². The third-order valence-corrected chi connectivity index (χ3v) is 16.1. The fourth-order valence-electron chi connectivity index (χ4n) is 12.4. The van der Waals surface area contributed by atoms with Crippen molar-refractivity contribution in [3.05, 3.63) is 59.3 Å². The van der Waals surface area contributed by atoms with Crippen molar-refractivity contribution < 1.29 is 43.3 Å². The number of carbonyl (C=O) groups excluding carboxylic acids is 5. The van der Waals surface area contributed by atoms with Gasteiger partial charge in [-0.1, -0.05) is 39.2 Å². The van der Waals surface area contributed by atoms with E-state index in [1.54, 1.807) is 35.9 Å². The topological polar surface area (TPSA) is 210 Å². The molecule has 4 N–H and O–H groups in total. The molecular weight excluding hydrogens is 917 g/mol. The predicted octanol–water partition coefficient (Wildman–Crippen LogP) is 6.61. The highest BCUT2D eigenvalue weighted by Gasteiger charge is 2.62. The number of imide groups is 1. The number of primary amides is 1. The average Bonchev–Trinajstić information content (AvgIpc) is 3.93. The first-order valence-electron chi connectivity index (χ1n) is 26.2. The van der Waals surface area contributed by atoms with Crippen LogP contribution in [0.2, 0.25) is 0 Å². The number of carboxylic acid groups (broad SMARTS) is 1. The molecule has 72 heavy (non-hydrogen) atoms. The van der Waals surface area contributed by atoms with Crippen LogP contribution < -0.4 is 20.5 Å². The number of likely N-dealkylation sites (tertiary alicyclic amines) is 1. The van der Waals surface area contributed by atoms with Crippen molar-refractivity contribution in [2.45, 2.75) is 115 Å². The van der Waals surface area contributed by atoms with Gasteiger partial charge >= 0.3 is 5.97 Å². The van der Waals surface area contributed by atoms with E-state index in [2.05, 4.69) is 22.2 Å². The molecule has 1 unspecified atom stereocenters. The van der Waals surface area contributed by atoms with Crippen LogP contribution in [0.25, 0.3) is 16.9 Å². The van der Waals surface area contributed by atoms with Gasteiger partial charge in [0.25, 0.3) is 11.8 Å². The highest BCUT2D eigenvalue weighted by Crippen LogP contribution is 2.58. The summed E-state index contributed by atoms with van der Waals surface area (Å²) in [6, 6.07) is 12.7. The lowest BCUT2D eigenvalue weighted by Gasteiger charge is -2.59. The number of methoxy groups -OCH3 is 2. The first kappa shape index (κ1) is 54.0. The van der Waals surface area contributed by atoms with Crippen LogP contribution in [-0.2, 0) is 19.2 Å². The number of benzene rings is 2. The normalized spacial score (nSPS) is 21.8. The summed E-state index contributed by atoms with van der Waals surface area (Å²) in [5.74, 6) is -0.633. The van der Waals surface area contributed by atoms with Crippen LogP contribution in [0.4, 0.5) is 0 Å². The van der Waals surface area contributed by atoms with Crippen LogP contribution in [0.1, 0.15) is 136 Å². The minimum absolute atomic E-state index is 0.0613. The molecule has 0 radical (unpaired) electrons. The molecule has 2 aromatic carbocycles. The summed E-state index contributed by atoms with van der Waals surface area (Å²) < 4.78 is 13.4. The molecule has 17 nitrogen and oxygen atoms in total. The highest BCUT2D eigenvalue weighted by molar-refractivity contribution is 6.02. The second kappa shape index (κ2) is 23.8. The summed E-state index contributed by atoms with van der Waals surface area (Å²) in [5.41, 5.74) is 7.60. The fraction of sp³-hybridized carbons (Fsp3) is 0.618. The van der Waals surface area contributed by atoms with Crippen molar-refractivity contribution in [2.75, 3.05) is 74.6 Å². The van der Waals surface area contributed by atoms with E-state index in [0.29, 0.717) is 84.7 Å². The standard InChI is InChI=1S/C55H78N8O9/c1-35(2)42-32-38(53(68)61(5)25-14-23-59(3)22-13-24-60(4)34-39(51(56)66)15-10-8-9-11-26-62-48(64)20-21-49(62)65)18-19-44(42)63-45(50-46(71-6)16-12-17-47(50)72-7)33-43(58-63)52(67)57-55(54(69)70)40-28-36-27-37(30-40)31-41(55)29-36/h12,16-19,32-33,35-37,39-41H,8-11,13-15,20-31,34H2,1-7H3,(H2,56,66)(H,57,67)(H,69,70). The van der Waals surface area contributed by atoms with Gasteiger partial charge in [-0.15, -0.1) is 0 Å². The Kier molecular flexibility index (Phi) is 17.9. The number of carbonyl (C=O) groups is 6. The van der Waals surface area contributed by atoms with E-state index in [9.17, 15) is 33.9 Å². The van der Waals surface area contributed by atoms with Gasteiger partial charge in [0, 0.05) is 45.1 Å². The van der Waals surface area contributed by atoms with Crippen molar-refractivity contribution >= 4 is 35.5 Å². The molecule has 392 valence electrons. The first-order valence-corrected chi connectivity index (χ1v) is 26.2. The van der Waals surface area contributed by atoms with Crippen LogP contribution in [0, 0.1) is 29.6 Å². The lowest BCUT2D eigenvalue weighted by molar-refractivity contribution is -0.163. The number of aliphatic carboxylic acids is 1. The smallest absolute Gasteiger partial charge is 0.330 e. The Labute approximate surface area is 425 Å². The van der Waals surface area contributed by atoms with Gasteiger partial charge in [-0.3, -0.25) is 28.9 Å². The molecule has 1 saturated heterocycles. The van der Waals surface area contributed by atoms with E-state index in [-0.39, 0.29) is 53.0 Å². The van der Waals surface area contributed by atoms with E-state index < -0.39 is 17.4 Å². The zero-order valence-corrected chi connectivity index (χ0v) is 43.6. The number of ether oxygens (including phenoxy) is 2. The number of nitrogens with one attached hydrogen (secondary N) is 1. The molecule has 1 aliphatic heterocycles. The second-order valence-corrected chi connectivity index (χ2v) is 21.5. The number of hydrogen-bond acceptors (Lipinski definition) is 11. The maximum absolute atomic E-state index is 14.5. The summed E-state index contributed by atoms with van der Waals surface area (Å²) in [6.45, 7) is 8.16. The Morgan fingerprint density at radius 3 is 1.99 bits per heavy atom. The molecule has 5 amide bonds. The zero-order chi connectivity index (χ0) is 51.9. The SMILES string of the molecule is COc1cccc(OC)c1-c1cc(C(=O)NC2(C(=O)O)C3CC4CC(C3)CC2C4)nn1-c1ccc(C(=O)N(C)CCCN(C)CCCN(C)CC(CCCCCCN2C(=O)CCC2=O)C(N)=O)cc1C(C)C. The second-order valence-electron chi connectivity index (χ2n) is 21.5. The summed E-state index contributed by atoms with van der Waals surface area (Å²) in [4.78, 5) is 85.2. The van der Waals surface area contributed by atoms with Crippen LogP contribution >= 0.6 is 0 Å². The van der Waals surface area contributed by atoms with Crippen molar-refractivity contribution in [1.82, 2.24) is 34.7 Å². The lowest BCUT2D eigenvalue weighted by atomic mass is 9.48. The number of rotatable bonds is 27. The van der Waals surface area contributed by atoms with Crippen LogP contribution in [-0.4, -0.2) is 150 Å². The Balaban J connectivity index is 0.954. The molecular formula is C55H78N8O9. The van der Waals surface area contributed by atoms with Gasteiger partial charge in [0.15, 0.2) is 5.69 Å². The Bertz CT molecular complexity index is 2390. The molecule has 1 aromatic heterocycles. The van der Waals surface area contributed by atoms with Crippen molar-refractivity contribution in [3.8, 4) is 28.4 Å². The molecule has 4 saturated carbocycles. The monoisotopic (exact) mass is 995 g/mol. The van der Waals surface area contributed by atoms with Crippen LogP contribution in [0.15, 0.2) is 42.5 Å². The Morgan fingerprint density at radius 1 is 0.806 bits per heavy atom. The van der Waals surface area contributed by atoms with E-state index >= 15 is 0 Å². The van der Waals surface area contributed by atoms with E-state index in [4.69, 9.17) is 20.3 Å². The Hall–Kier alpha value is -5.81. The maximum atomic E-state index is 14.5. The number of aromatic nitrogens is 2. The first-order chi connectivity index (χ1) is 34.4. The highest BCUT2D eigenvalue weighted by atomic mass is 16.5. The van der Waals surface area contributed by atoms with Gasteiger partial charge in [-0.2, -0.15) is 5.10 Å². The largest absolute Gasteiger partial charge is 0.496 e. The zero-order valence-electron chi connectivity index (χ0n) is 43.6.